The molecule has 27 heavy (non-hydrogen) atoms. The number of sulfone groups is 1. The van der Waals surface area contributed by atoms with Crippen LogP contribution < -0.4 is 0 Å². The third kappa shape index (κ3) is 3.69. The molecule has 1 fully saturated rings. The van der Waals surface area contributed by atoms with Gasteiger partial charge in [0, 0.05) is 5.92 Å². The molecule has 9 heteroatoms. The summed E-state index contributed by atoms with van der Waals surface area (Å²) in [7, 11) is -4.99. The van der Waals surface area contributed by atoms with E-state index in [1.165, 1.54) is 32.0 Å². The Labute approximate surface area is 156 Å². The smallest absolute Gasteiger partial charge is 0.352 e. The van der Waals surface area contributed by atoms with Crippen molar-refractivity contribution < 1.29 is 36.3 Å². The Hall–Kier alpha value is -2.03. The molecule has 0 amide bonds. The highest BCUT2D eigenvalue weighted by molar-refractivity contribution is 7.92. The van der Waals surface area contributed by atoms with Crippen LogP contribution in [0.1, 0.15) is 33.1 Å². The van der Waals surface area contributed by atoms with Gasteiger partial charge in [-0.1, -0.05) is 18.2 Å². The molecule has 0 bridgehead atoms. The Morgan fingerprint density at radius 1 is 1.11 bits per heavy atom. The van der Waals surface area contributed by atoms with Gasteiger partial charge in [-0.3, -0.25) is 9.59 Å². The molecule has 1 aromatic rings. The first kappa shape index (κ1) is 21.3. The molecule has 1 aliphatic carbocycles. The second-order valence-corrected chi connectivity index (χ2v) is 8.36. The number of halogens is 2. The average Bonchev–Trinajstić information content (AvgIpc) is 3.10. The summed E-state index contributed by atoms with van der Waals surface area (Å²) in [6.45, 7) is 2.97. The Balaban J connectivity index is 2.37. The summed E-state index contributed by atoms with van der Waals surface area (Å²) in [5.41, 5.74) is -1.91. The summed E-state index contributed by atoms with van der Waals surface area (Å²) in [5.74, 6) is -3.63. The number of hydrogen-bond acceptors (Lipinski definition) is 6. The van der Waals surface area contributed by atoms with Gasteiger partial charge in [0.05, 0.1) is 18.1 Å². The second kappa shape index (κ2) is 7.92. The quantitative estimate of drug-likeness (QED) is 0.513. The van der Waals surface area contributed by atoms with Crippen LogP contribution in [-0.2, 0) is 28.9 Å². The Morgan fingerprint density at radius 2 is 1.63 bits per heavy atom. The van der Waals surface area contributed by atoms with Crippen molar-refractivity contribution in [2.75, 3.05) is 13.2 Å². The van der Waals surface area contributed by atoms with Gasteiger partial charge in [0.2, 0.25) is 9.84 Å². The minimum Gasteiger partial charge on any atom is -0.465 e. The Morgan fingerprint density at radius 3 is 2.11 bits per heavy atom. The number of hydrogen-bond donors (Lipinski definition) is 0. The lowest BCUT2D eigenvalue weighted by molar-refractivity contribution is -0.172. The molecule has 6 nitrogen and oxygen atoms in total. The van der Waals surface area contributed by atoms with E-state index in [4.69, 9.17) is 9.47 Å². The first-order chi connectivity index (χ1) is 12.6. The first-order valence-electron chi connectivity index (χ1n) is 8.65. The van der Waals surface area contributed by atoms with E-state index in [2.05, 4.69) is 0 Å². The lowest BCUT2D eigenvalue weighted by Crippen LogP contribution is -2.42. The van der Waals surface area contributed by atoms with Gasteiger partial charge in [0.15, 0.2) is 5.41 Å². The van der Waals surface area contributed by atoms with Crippen molar-refractivity contribution in [3.05, 3.63) is 30.3 Å². The summed E-state index contributed by atoms with van der Waals surface area (Å²) in [6, 6.07) is 6.38. The Kier molecular flexibility index (Phi) is 6.24. The minimum absolute atomic E-state index is 0.0383. The number of carbonyl (C=O) groups excluding carboxylic acids is 2. The molecule has 1 atom stereocenters. The summed E-state index contributed by atoms with van der Waals surface area (Å²) >= 11 is 0. The minimum atomic E-state index is -4.99. The molecule has 0 radical (unpaired) electrons. The van der Waals surface area contributed by atoms with Gasteiger partial charge in [-0.25, -0.2) is 8.42 Å². The molecule has 1 saturated carbocycles. The van der Waals surface area contributed by atoms with Crippen LogP contribution in [0.2, 0.25) is 0 Å². The highest BCUT2D eigenvalue weighted by atomic mass is 32.2. The number of alkyl halides is 2. The fourth-order valence-corrected chi connectivity index (χ4v) is 4.77. The van der Waals surface area contributed by atoms with Crippen LogP contribution in [-0.4, -0.2) is 38.8 Å². The van der Waals surface area contributed by atoms with Crippen molar-refractivity contribution >= 4 is 21.8 Å². The average molecular weight is 404 g/mol. The zero-order chi connectivity index (χ0) is 20.3. The van der Waals surface area contributed by atoms with Crippen molar-refractivity contribution in [1.29, 1.82) is 0 Å². The van der Waals surface area contributed by atoms with Gasteiger partial charge < -0.3 is 9.47 Å². The maximum Gasteiger partial charge on any atom is 0.352 e. The third-order valence-electron chi connectivity index (χ3n) is 4.73. The van der Waals surface area contributed by atoms with Gasteiger partial charge in [-0.15, -0.1) is 0 Å². The van der Waals surface area contributed by atoms with Crippen molar-refractivity contribution in [3.63, 3.8) is 0 Å². The van der Waals surface area contributed by atoms with Crippen LogP contribution in [0.15, 0.2) is 35.2 Å². The van der Waals surface area contributed by atoms with E-state index in [1.54, 1.807) is 0 Å². The summed E-state index contributed by atoms with van der Waals surface area (Å²) in [5, 5.41) is -4.14. The van der Waals surface area contributed by atoms with E-state index in [1.807, 2.05) is 0 Å². The number of rotatable bonds is 7. The fourth-order valence-electron chi connectivity index (χ4n) is 3.30. The van der Waals surface area contributed by atoms with Crippen LogP contribution in [0.5, 0.6) is 0 Å². The van der Waals surface area contributed by atoms with Crippen molar-refractivity contribution in [1.82, 2.24) is 0 Å². The molecule has 0 N–H and O–H groups in total. The lowest BCUT2D eigenvalue weighted by Gasteiger charge is -2.27. The van der Waals surface area contributed by atoms with Crippen LogP contribution in [0, 0.1) is 11.3 Å². The molecule has 0 heterocycles. The SMILES string of the molecule is CCOC(=O)C1(C(=O)OCC)CCC(C(F)(F)S(=O)(=O)c2ccccc2)C1. The predicted octanol–water partition coefficient (Wildman–Crippen LogP) is 2.97. The fraction of sp³-hybridized carbons (Fsp3) is 0.556. The molecule has 0 saturated heterocycles. The van der Waals surface area contributed by atoms with Crippen LogP contribution >= 0.6 is 0 Å². The highest BCUT2D eigenvalue weighted by Crippen LogP contribution is 2.52. The molecule has 2 rings (SSSR count). The maximum absolute atomic E-state index is 14.9. The zero-order valence-corrected chi connectivity index (χ0v) is 15.9. The van der Waals surface area contributed by atoms with Gasteiger partial charge in [-0.2, -0.15) is 8.78 Å². The number of benzene rings is 1. The summed E-state index contributed by atoms with van der Waals surface area (Å²) < 4.78 is 64.6. The maximum atomic E-state index is 14.9. The topological polar surface area (TPSA) is 86.7 Å². The molecule has 150 valence electrons. The molecule has 1 unspecified atom stereocenters. The van der Waals surface area contributed by atoms with E-state index in [0.717, 1.165) is 12.1 Å². The number of carbonyl (C=O) groups is 2. The number of ether oxygens (including phenoxy) is 2. The molecule has 0 spiro atoms. The monoisotopic (exact) mass is 404 g/mol. The van der Waals surface area contributed by atoms with E-state index >= 15 is 0 Å². The van der Waals surface area contributed by atoms with Gasteiger partial charge in [0.1, 0.15) is 0 Å². The van der Waals surface area contributed by atoms with E-state index in [-0.39, 0.29) is 26.1 Å². The molecular weight excluding hydrogens is 382 g/mol. The predicted molar refractivity (Wildman–Crippen MR) is 91.6 cm³/mol. The third-order valence-corrected chi connectivity index (χ3v) is 6.68. The van der Waals surface area contributed by atoms with Crippen LogP contribution in [0.25, 0.3) is 0 Å². The van der Waals surface area contributed by atoms with Crippen molar-refractivity contribution in [3.8, 4) is 0 Å². The standard InChI is InChI=1S/C18H22F2O6S/c1-3-25-15(21)17(16(22)26-4-2)11-10-13(12-17)18(19,20)27(23,24)14-8-6-5-7-9-14/h5-9,13H,3-4,10-12H2,1-2H3. The molecule has 0 aromatic heterocycles. The van der Waals surface area contributed by atoms with Gasteiger partial charge in [-0.05, 0) is 45.2 Å². The Bertz CT molecular complexity index is 773. The molecule has 1 aromatic carbocycles. The van der Waals surface area contributed by atoms with E-state index in [9.17, 15) is 26.8 Å². The molecule has 1 aliphatic rings. The van der Waals surface area contributed by atoms with Crippen molar-refractivity contribution in [2.24, 2.45) is 11.3 Å². The molecular formula is C18H22F2O6S. The van der Waals surface area contributed by atoms with Crippen LogP contribution in [0.3, 0.4) is 0 Å². The largest absolute Gasteiger partial charge is 0.465 e. The lowest BCUT2D eigenvalue weighted by atomic mass is 9.85. The normalized spacial score (nSPS) is 19.5. The van der Waals surface area contributed by atoms with Gasteiger partial charge in [0.25, 0.3) is 0 Å². The summed E-state index contributed by atoms with van der Waals surface area (Å²) in [6.07, 6.45) is -1.23. The van der Waals surface area contributed by atoms with Crippen LogP contribution in [0.4, 0.5) is 8.78 Å². The van der Waals surface area contributed by atoms with Gasteiger partial charge >= 0.3 is 17.2 Å². The second-order valence-electron chi connectivity index (χ2n) is 6.34. The van der Waals surface area contributed by atoms with E-state index < -0.39 is 49.7 Å². The molecule has 0 aliphatic heterocycles. The number of esters is 2. The summed E-state index contributed by atoms with van der Waals surface area (Å²) in [4.78, 5) is 24.2. The highest BCUT2D eigenvalue weighted by Gasteiger charge is 2.63. The van der Waals surface area contributed by atoms with Crippen molar-refractivity contribution in [2.45, 2.75) is 43.3 Å². The van der Waals surface area contributed by atoms with E-state index in [0.29, 0.717) is 0 Å². The zero-order valence-electron chi connectivity index (χ0n) is 15.1. The first-order valence-corrected chi connectivity index (χ1v) is 10.1.